The van der Waals surface area contributed by atoms with Crippen LogP contribution < -0.4 is 9.88 Å². The molecule has 0 saturated heterocycles. The maximum atomic E-state index is 10.8. The van der Waals surface area contributed by atoms with Gasteiger partial charge in [0.1, 0.15) is 18.9 Å². The number of aromatic nitrogens is 2. The van der Waals surface area contributed by atoms with Gasteiger partial charge < -0.3 is 14.8 Å². The lowest BCUT2D eigenvalue weighted by molar-refractivity contribution is -0.686. The van der Waals surface area contributed by atoms with Gasteiger partial charge in [0.05, 0.1) is 14.2 Å². The van der Waals surface area contributed by atoms with Crippen molar-refractivity contribution in [1.29, 1.82) is 0 Å². The van der Waals surface area contributed by atoms with Crippen LogP contribution in [0.15, 0.2) is 44.0 Å². The first kappa shape index (κ1) is 18.6. The Kier molecular flexibility index (Phi) is 9.19. The number of nitrogens with one attached hydrogen (secondary N) is 1. The number of nitrogens with zero attached hydrogens (tertiary/aromatic N) is 2. The van der Waals surface area contributed by atoms with Crippen LogP contribution in [0.3, 0.4) is 0 Å². The molecule has 0 aliphatic carbocycles. The molecule has 7 nitrogen and oxygen atoms in total. The number of imidazole rings is 1. The molecule has 1 aromatic heterocycles. The maximum Gasteiger partial charge on any atom is 0.356 e. The van der Waals surface area contributed by atoms with Gasteiger partial charge in [0.2, 0.25) is 18.5 Å². The number of carbonyl (C=O) groups is 2. The van der Waals surface area contributed by atoms with Gasteiger partial charge in [-0.15, -0.1) is 0 Å². The van der Waals surface area contributed by atoms with Crippen LogP contribution in [0.4, 0.5) is 0 Å². The number of carbonyl (C=O) groups excluding carboxylic acids is 2. The number of amides is 1. The predicted octanol–water partition coefficient (Wildman–Crippen LogP) is -0.0673. The summed E-state index contributed by atoms with van der Waals surface area (Å²) in [7, 11) is 4.49. The minimum atomic E-state index is -1.07. The van der Waals surface area contributed by atoms with E-state index in [1.807, 2.05) is 36.4 Å². The summed E-state index contributed by atoms with van der Waals surface area (Å²) in [6.07, 6.45) is 7.88. The van der Waals surface area contributed by atoms with E-state index in [0.29, 0.717) is 0 Å². The Hall–Kier alpha value is -2.41. The first-order chi connectivity index (χ1) is 9.98. The predicted molar refractivity (Wildman–Crippen MR) is 77.0 cm³/mol. The zero-order chi connectivity index (χ0) is 16.3. The second-order valence-corrected chi connectivity index (χ2v) is 3.92. The minimum absolute atomic E-state index is 0.493. The van der Waals surface area contributed by atoms with Crippen molar-refractivity contribution in [1.82, 2.24) is 9.88 Å². The van der Waals surface area contributed by atoms with Crippen LogP contribution in [0.2, 0.25) is 0 Å². The molecular weight excluding hydrogens is 274 g/mol. The van der Waals surface area contributed by atoms with Crippen molar-refractivity contribution in [2.24, 2.45) is 7.05 Å². The third-order valence-corrected chi connectivity index (χ3v) is 2.27. The Morgan fingerprint density at radius 3 is 2.48 bits per heavy atom. The number of ether oxygens (including phenoxy) is 2. The fraction of sp³-hybridized carbons (Fsp3) is 0.357. The van der Waals surface area contributed by atoms with Crippen LogP contribution in [0.5, 0.6) is 0 Å². The van der Waals surface area contributed by atoms with Crippen LogP contribution in [0.1, 0.15) is 0 Å². The van der Waals surface area contributed by atoms with E-state index in [9.17, 15) is 9.59 Å². The summed E-state index contributed by atoms with van der Waals surface area (Å²) in [5.74, 6) is -1.15. The summed E-state index contributed by atoms with van der Waals surface area (Å²) in [5, 5.41) is 2.21. The highest BCUT2D eigenvalue weighted by molar-refractivity contribution is 5.90. The molecule has 1 unspecified atom stereocenters. The third kappa shape index (κ3) is 7.68. The number of allylic oxidation sites excluding steroid dienone is 1. The van der Waals surface area contributed by atoms with Crippen molar-refractivity contribution < 1.29 is 23.6 Å². The summed E-state index contributed by atoms with van der Waals surface area (Å²) in [6.45, 7) is 7.74. The van der Waals surface area contributed by atoms with E-state index in [-0.39, 0.29) is 0 Å². The number of methoxy groups -OCH3 is 2. The molecule has 0 radical (unpaired) electrons. The topological polar surface area (TPSA) is 73.4 Å². The van der Waals surface area contributed by atoms with Gasteiger partial charge >= 0.3 is 5.97 Å². The van der Waals surface area contributed by atoms with Gasteiger partial charge in [0.15, 0.2) is 0 Å². The summed E-state index contributed by atoms with van der Waals surface area (Å²) in [6, 6.07) is 0. The molecule has 0 spiro atoms. The average molecular weight is 296 g/mol. The van der Waals surface area contributed by atoms with Crippen LogP contribution in [-0.2, 0) is 32.7 Å². The molecule has 116 valence electrons. The van der Waals surface area contributed by atoms with E-state index in [2.05, 4.69) is 32.5 Å². The standard InChI is InChI=1S/C7H11N2.C7H11NO4/c1-3-4-9-6-5-8(2)7-9;1-4-5(9)8-6(11-2)7(10)12-3/h3,5-7H,1,4H2,2H3;4,6H,1H2,2-3H3,(H,8,9)/q+1;. The zero-order valence-corrected chi connectivity index (χ0v) is 12.6. The van der Waals surface area contributed by atoms with Gasteiger partial charge in [0.25, 0.3) is 0 Å². The number of rotatable bonds is 6. The van der Waals surface area contributed by atoms with Gasteiger partial charge in [-0.2, -0.15) is 0 Å². The van der Waals surface area contributed by atoms with Gasteiger partial charge in [0, 0.05) is 7.11 Å². The highest BCUT2D eigenvalue weighted by Crippen LogP contribution is 1.88. The molecule has 0 aromatic carbocycles. The molecule has 1 amide bonds. The fourth-order valence-corrected chi connectivity index (χ4v) is 1.27. The maximum absolute atomic E-state index is 10.8. The van der Waals surface area contributed by atoms with Gasteiger partial charge in [-0.05, 0) is 6.08 Å². The van der Waals surface area contributed by atoms with Crippen LogP contribution in [0.25, 0.3) is 0 Å². The van der Waals surface area contributed by atoms with E-state index in [0.717, 1.165) is 12.6 Å². The monoisotopic (exact) mass is 296 g/mol. The fourth-order valence-electron chi connectivity index (χ4n) is 1.27. The van der Waals surface area contributed by atoms with Crippen LogP contribution in [0, 0.1) is 0 Å². The number of hydrogen-bond donors (Lipinski definition) is 1. The Labute approximate surface area is 124 Å². The molecule has 0 aliphatic heterocycles. The lowest BCUT2D eigenvalue weighted by atomic mass is 10.5. The summed E-state index contributed by atoms with van der Waals surface area (Å²) < 4.78 is 13.0. The average Bonchev–Trinajstić information content (AvgIpc) is 2.90. The molecule has 0 bridgehead atoms. The molecule has 1 N–H and O–H groups in total. The van der Waals surface area contributed by atoms with E-state index in [1.54, 1.807) is 0 Å². The second-order valence-electron chi connectivity index (χ2n) is 3.92. The van der Waals surface area contributed by atoms with Crippen LogP contribution >= 0.6 is 0 Å². The lowest BCUT2D eigenvalue weighted by Gasteiger charge is -2.12. The Balaban J connectivity index is 0.000000394. The molecule has 7 heteroatoms. The van der Waals surface area contributed by atoms with Crippen molar-refractivity contribution in [3.63, 3.8) is 0 Å². The van der Waals surface area contributed by atoms with Crippen molar-refractivity contribution in [2.75, 3.05) is 14.2 Å². The molecule has 1 atom stereocenters. The molecule has 1 heterocycles. The molecule has 1 aromatic rings. The smallest absolute Gasteiger partial charge is 0.356 e. The van der Waals surface area contributed by atoms with Gasteiger partial charge in [-0.3, -0.25) is 4.79 Å². The largest absolute Gasteiger partial charge is 0.466 e. The first-order valence-corrected chi connectivity index (χ1v) is 6.13. The zero-order valence-electron chi connectivity index (χ0n) is 12.6. The molecule has 0 aliphatic rings. The summed E-state index contributed by atoms with van der Waals surface area (Å²) in [5.41, 5.74) is 0. The first-order valence-electron chi connectivity index (χ1n) is 6.13. The number of aryl methyl sites for hydroxylation is 1. The highest BCUT2D eigenvalue weighted by Gasteiger charge is 2.18. The highest BCUT2D eigenvalue weighted by atomic mass is 16.6. The van der Waals surface area contributed by atoms with E-state index in [1.165, 1.54) is 14.2 Å². The SMILES string of the molecule is C=CC(=O)NC(OC)C(=O)OC.C=CC[n+]1ccn(C)c1. The normalized spacial score (nSPS) is 10.6. The molecule has 0 fully saturated rings. The Morgan fingerprint density at radius 1 is 1.43 bits per heavy atom. The van der Waals surface area contributed by atoms with Crippen molar-refractivity contribution in [3.8, 4) is 0 Å². The molecule has 21 heavy (non-hydrogen) atoms. The number of hydrogen-bond acceptors (Lipinski definition) is 4. The summed E-state index contributed by atoms with van der Waals surface area (Å²) >= 11 is 0. The van der Waals surface area contributed by atoms with E-state index in [4.69, 9.17) is 0 Å². The molecule has 0 saturated carbocycles. The molecule has 1 rings (SSSR count). The lowest BCUT2D eigenvalue weighted by Crippen LogP contribution is -2.41. The third-order valence-electron chi connectivity index (χ3n) is 2.27. The number of esters is 1. The van der Waals surface area contributed by atoms with Crippen molar-refractivity contribution in [2.45, 2.75) is 12.8 Å². The van der Waals surface area contributed by atoms with Crippen LogP contribution in [-0.4, -0.2) is 36.9 Å². The van der Waals surface area contributed by atoms with Gasteiger partial charge in [-0.25, -0.2) is 13.9 Å². The molecular formula is C14H22N3O4+. The summed E-state index contributed by atoms with van der Waals surface area (Å²) in [4.78, 5) is 21.5. The van der Waals surface area contributed by atoms with Crippen molar-refractivity contribution in [3.05, 3.63) is 44.0 Å². The van der Waals surface area contributed by atoms with E-state index >= 15 is 0 Å². The second kappa shape index (κ2) is 10.4. The van der Waals surface area contributed by atoms with Crippen molar-refractivity contribution >= 4 is 11.9 Å². The Bertz CT molecular complexity index is 482. The Morgan fingerprint density at radius 2 is 2.10 bits per heavy atom. The quantitative estimate of drug-likeness (QED) is 0.262. The van der Waals surface area contributed by atoms with Gasteiger partial charge in [-0.1, -0.05) is 19.2 Å². The van der Waals surface area contributed by atoms with E-state index < -0.39 is 18.1 Å². The minimum Gasteiger partial charge on any atom is -0.466 e.